The van der Waals surface area contributed by atoms with Gasteiger partial charge in [0.05, 0.1) is 17.5 Å². The van der Waals surface area contributed by atoms with E-state index in [0.717, 1.165) is 0 Å². The van der Waals surface area contributed by atoms with Crippen LogP contribution >= 0.6 is 0 Å². The van der Waals surface area contributed by atoms with Crippen LogP contribution in [-0.2, 0) is 9.84 Å². The molecule has 1 unspecified atom stereocenters. The fraction of sp³-hybridized carbons (Fsp3) is 0.429. The highest BCUT2D eigenvalue weighted by Crippen LogP contribution is 2.20. The van der Waals surface area contributed by atoms with E-state index in [0.29, 0.717) is 26.1 Å². The predicted octanol–water partition coefficient (Wildman–Crippen LogP) is 0.449. The summed E-state index contributed by atoms with van der Waals surface area (Å²) in [5.74, 6) is 0.287. The minimum atomic E-state index is -3.79. The molecule has 0 spiro atoms. The number of nitrogens with zero attached hydrogens (tertiary/aromatic N) is 3. The number of benzene rings is 1. The molecule has 21 heavy (non-hydrogen) atoms. The summed E-state index contributed by atoms with van der Waals surface area (Å²) < 4.78 is 25.2. The van der Waals surface area contributed by atoms with E-state index in [1.54, 1.807) is 23.1 Å². The zero-order valence-electron chi connectivity index (χ0n) is 11.5. The van der Waals surface area contributed by atoms with Crippen molar-refractivity contribution in [2.24, 2.45) is 4.99 Å². The van der Waals surface area contributed by atoms with Crippen LogP contribution in [0.3, 0.4) is 0 Å². The van der Waals surface area contributed by atoms with Crippen LogP contribution in [0.1, 0.15) is 6.42 Å². The molecule has 6 nitrogen and oxygen atoms in total. The van der Waals surface area contributed by atoms with Gasteiger partial charge in [0.15, 0.2) is 0 Å². The molecule has 2 rings (SSSR count). The van der Waals surface area contributed by atoms with Crippen LogP contribution in [0.15, 0.2) is 40.2 Å². The Morgan fingerprint density at radius 1 is 1.38 bits per heavy atom. The zero-order valence-corrected chi connectivity index (χ0v) is 12.3. The van der Waals surface area contributed by atoms with E-state index >= 15 is 0 Å². The minimum absolute atomic E-state index is 0.0203. The lowest BCUT2D eigenvalue weighted by molar-refractivity contribution is 0.270. The smallest absolute Gasteiger partial charge is 0.209 e. The number of aliphatic hydroxyl groups is 1. The summed E-state index contributed by atoms with van der Waals surface area (Å²) in [7, 11) is -3.79. The summed E-state index contributed by atoms with van der Waals surface area (Å²) in [6.45, 7) is 1.57. The molecule has 1 aliphatic rings. The molecule has 1 aromatic rings. The lowest BCUT2D eigenvalue weighted by Gasteiger charge is -2.22. The van der Waals surface area contributed by atoms with Gasteiger partial charge in [-0.1, -0.05) is 18.2 Å². The lowest BCUT2D eigenvalue weighted by atomic mass is 10.3. The molecule has 1 heterocycles. The molecule has 0 saturated heterocycles. The van der Waals surface area contributed by atoms with E-state index in [2.05, 4.69) is 4.99 Å². The van der Waals surface area contributed by atoms with Crippen molar-refractivity contribution in [2.75, 3.05) is 26.2 Å². The van der Waals surface area contributed by atoms with Gasteiger partial charge in [-0.25, -0.2) is 8.42 Å². The summed E-state index contributed by atoms with van der Waals surface area (Å²) in [5.41, 5.74) is 0. The van der Waals surface area contributed by atoms with Gasteiger partial charge < -0.3 is 10.0 Å². The van der Waals surface area contributed by atoms with Crippen molar-refractivity contribution in [3.63, 3.8) is 0 Å². The first-order valence-electron chi connectivity index (χ1n) is 6.70. The molecular formula is C14H17N3O3S. The second-order valence-electron chi connectivity index (χ2n) is 4.67. The Balaban J connectivity index is 2.30. The first-order valence-corrected chi connectivity index (χ1v) is 8.24. The maximum Gasteiger partial charge on any atom is 0.209 e. The van der Waals surface area contributed by atoms with E-state index in [-0.39, 0.29) is 17.3 Å². The first kappa shape index (κ1) is 15.5. The highest BCUT2D eigenvalue weighted by Gasteiger charge is 2.36. The van der Waals surface area contributed by atoms with Crippen LogP contribution < -0.4 is 0 Å². The Labute approximate surface area is 124 Å². The highest BCUT2D eigenvalue weighted by molar-refractivity contribution is 7.93. The molecule has 112 valence electrons. The van der Waals surface area contributed by atoms with Gasteiger partial charge in [-0.15, -0.1) is 0 Å². The van der Waals surface area contributed by atoms with Gasteiger partial charge in [0.1, 0.15) is 5.84 Å². The monoisotopic (exact) mass is 307 g/mol. The van der Waals surface area contributed by atoms with Crippen LogP contribution in [0.4, 0.5) is 0 Å². The van der Waals surface area contributed by atoms with Crippen molar-refractivity contribution in [3.05, 3.63) is 30.3 Å². The maximum atomic E-state index is 12.6. The molecule has 0 aromatic heterocycles. The second kappa shape index (κ2) is 6.70. The predicted molar refractivity (Wildman–Crippen MR) is 78.6 cm³/mol. The normalized spacial score (nSPS) is 16.4. The van der Waals surface area contributed by atoms with Crippen molar-refractivity contribution in [3.8, 4) is 6.07 Å². The van der Waals surface area contributed by atoms with Gasteiger partial charge in [-0.2, -0.15) is 5.26 Å². The number of aliphatic hydroxyl groups excluding tert-OH is 1. The molecule has 1 aliphatic heterocycles. The van der Waals surface area contributed by atoms with Crippen molar-refractivity contribution in [2.45, 2.75) is 16.6 Å². The van der Waals surface area contributed by atoms with Crippen molar-refractivity contribution in [1.29, 1.82) is 5.26 Å². The summed E-state index contributed by atoms with van der Waals surface area (Å²) in [6, 6.07) is 9.80. The fourth-order valence-corrected chi connectivity index (χ4v) is 3.70. The van der Waals surface area contributed by atoms with Crippen LogP contribution in [-0.4, -0.2) is 55.8 Å². The Hall–Kier alpha value is -1.91. The lowest BCUT2D eigenvalue weighted by Crippen LogP contribution is -2.40. The van der Waals surface area contributed by atoms with Gasteiger partial charge in [0.25, 0.3) is 0 Å². The Bertz CT molecular complexity index is 650. The summed E-state index contributed by atoms with van der Waals surface area (Å²) in [5, 5.41) is 16.9. The Morgan fingerprint density at radius 2 is 2.10 bits per heavy atom. The number of amidine groups is 1. The molecule has 0 amide bonds. The van der Waals surface area contributed by atoms with Crippen LogP contribution in [0, 0.1) is 11.3 Å². The number of sulfone groups is 1. The number of aliphatic imine (C=N–C) groups is 1. The third-order valence-corrected chi connectivity index (χ3v) is 5.15. The molecule has 0 fully saturated rings. The van der Waals surface area contributed by atoms with E-state index in [4.69, 9.17) is 5.11 Å². The molecule has 0 saturated carbocycles. The van der Waals surface area contributed by atoms with E-state index < -0.39 is 15.1 Å². The molecule has 1 aromatic carbocycles. The van der Waals surface area contributed by atoms with Crippen LogP contribution in [0.25, 0.3) is 0 Å². The second-order valence-corrected chi connectivity index (χ2v) is 6.70. The zero-order chi connectivity index (χ0) is 15.3. The minimum Gasteiger partial charge on any atom is -0.396 e. The highest BCUT2D eigenvalue weighted by atomic mass is 32.2. The molecule has 1 atom stereocenters. The summed E-state index contributed by atoms with van der Waals surface area (Å²) >= 11 is 0. The van der Waals surface area contributed by atoms with Crippen molar-refractivity contribution < 1.29 is 13.5 Å². The van der Waals surface area contributed by atoms with Crippen molar-refractivity contribution >= 4 is 15.7 Å². The van der Waals surface area contributed by atoms with Crippen molar-refractivity contribution in [1.82, 2.24) is 4.90 Å². The largest absolute Gasteiger partial charge is 0.396 e. The molecular weight excluding hydrogens is 290 g/mol. The molecule has 7 heteroatoms. The number of rotatable bonds is 6. The Kier molecular flexibility index (Phi) is 4.94. The molecule has 0 radical (unpaired) electrons. The topological polar surface area (TPSA) is 93.8 Å². The average Bonchev–Trinajstić information content (AvgIpc) is 2.94. The molecule has 0 bridgehead atoms. The maximum absolute atomic E-state index is 12.6. The number of hydrogen-bond acceptors (Lipinski definition) is 6. The van der Waals surface area contributed by atoms with E-state index in [9.17, 15) is 13.7 Å². The quantitative estimate of drug-likeness (QED) is 0.823. The van der Waals surface area contributed by atoms with E-state index in [1.165, 1.54) is 12.1 Å². The third kappa shape index (κ3) is 3.23. The SMILES string of the molecule is N#CC(C1=NCCN1CCCO)S(=O)(=O)c1ccccc1. The number of nitriles is 1. The molecule has 0 aliphatic carbocycles. The van der Waals surface area contributed by atoms with Crippen LogP contribution in [0.5, 0.6) is 0 Å². The van der Waals surface area contributed by atoms with Gasteiger partial charge >= 0.3 is 0 Å². The Morgan fingerprint density at radius 3 is 2.71 bits per heavy atom. The first-order chi connectivity index (χ1) is 10.1. The summed E-state index contributed by atoms with van der Waals surface area (Å²) in [6.07, 6.45) is 0.516. The van der Waals surface area contributed by atoms with Gasteiger partial charge in [-0.3, -0.25) is 4.99 Å². The average molecular weight is 307 g/mol. The molecule has 1 N–H and O–H groups in total. The summed E-state index contributed by atoms with van der Waals surface area (Å²) in [4.78, 5) is 6.08. The van der Waals surface area contributed by atoms with Gasteiger partial charge in [0, 0.05) is 19.7 Å². The van der Waals surface area contributed by atoms with Gasteiger partial charge in [0.2, 0.25) is 15.1 Å². The van der Waals surface area contributed by atoms with E-state index in [1.807, 2.05) is 6.07 Å². The van der Waals surface area contributed by atoms with Gasteiger partial charge in [-0.05, 0) is 18.6 Å². The fourth-order valence-electron chi connectivity index (χ4n) is 2.25. The third-order valence-electron chi connectivity index (χ3n) is 3.29. The number of hydrogen-bond donors (Lipinski definition) is 1. The van der Waals surface area contributed by atoms with Crippen LogP contribution in [0.2, 0.25) is 0 Å². The standard InChI is InChI=1S/C14H17N3O3S/c15-11-13(14-16-7-9-17(14)8-4-10-18)21(19,20)12-5-2-1-3-6-12/h1-3,5-6,13,18H,4,7-10H2.